The van der Waals surface area contributed by atoms with Crippen LogP contribution in [-0.2, 0) is 12.8 Å². The molecule has 0 aromatic heterocycles. The van der Waals surface area contributed by atoms with Crippen molar-refractivity contribution in [3.63, 3.8) is 0 Å². The third-order valence-electron chi connectivity index (χ3n) is 3.11. The first-order valence-electron chi connectivity index (χ1n) is 6.34. The first kappa shape index (κ1) is 15.4. The maximum atomic E-state index is 10.3. The Labute approximate surface area is 132 Å². The van der Waals surface area contributed by atoms with E-state index < -0.39 is 6.10 Å². The highest BCUT2D eigenvalue weighted by molar-refractivity contribution is 9.10. The quantitative estimate of drug-likeness (QED) is 0.868. The molecule has 0 saturated carbocycles. The van der Waals surface area contributed by atoms with Gasteiger partial charge in [-0.15, -0.1) is 0 Å². The van der Waals surface area contributed by atoms with E-state index in [1.165, 1.54) is 0 Å². The summed E-state index contributed by atoms with van der Waals surface area (Å²) in [5.41, 5.74) is 1.93. The van der Waals surface area contributed by atoms with Gasteiger partial charge in [0.25, 0.3) is 0 Å². The van der Waals surface area contributed by atoms with Crippen LogP contribution < -0.4 is 4.74 Å². The summed E-state index contributed by atoms with van der Waals surface area (Å²) in [6.45, 7) is 0. The van der Waals surface area contributed by atoms with Crippen LogP contribution in [0.3, 0.4) is 0 Å². The lowest BCUT2D eigenvalue weighted by atomic mass is 10.0. The Hall–Kier alpha value is -1.03. The summed E-state index contributed by atoms with van der Waals surface area (Å²) in [6, 6.07) is 13.4. The normalized spacial score (nSPS) is 12.2. The molecule has 0 spiro atoms. The Morgan fingerprint density at radius 1 is 1.15 bits per heavy atom. The van der Waals surface area contributed by atoms with Crippen molar-refractivity contribution in [2.75, 3.05) is 7.11 Å². The monoisotopic (exact) mass is 354 g/mol. The minimum atomic E-state index is -0.502. The van der Waals surface area contributed by atoms with Gasteiger partial charge in [0.05, 0.1) is 13.2 Å². The molecule has 0 fully saturated rings. The van der Waals surface area contributed by atoms with Crippen molar-refractivity contribution in [1.82, 2.24) is 0 Å². The molecular weight excluding hydrogens is 340 g/mol. The molecule has 4 heteroatoms. The molecule has 0 aliphatic rings. The molecule has 0 aliphatic carbocycles. The zero-order chi connectivity index (χ0) is 14.5. The van der Waals surface area contributed by atoms with Crippen LogP contribution in [0, 0.1) is 0 Å². The van der Waals surface area contributed by atoms with Crippen molar-refractivity contribution >= 4 is 27.5 Å². The fourth-order valence-electron chi connectivity index (χ4n) is 2.15. The maximum Gasteiger partial charge on any atom is 0.122 e. The highest BCUT2D eigenvalue weighted by atomic mass is 79.9. The van der Waals surface area contributed by atoms with E-state index in [0.29, 0.717) is 17.9 Å². The number of halogens is 2. The third kappa shape index (κ3) is 3.98. The number of methoxy groups -OCH3 is 1. The summed E-state index contributed by atoms with van der Waals surface area (Å²) in [5, 5.41) is 10.9. The van der Waals surface area contributed by atoms with Gasteiger partial charge in [0, 0.05) is 22.3 Å². The van der Waals surface area contributed by atoms with E-state index >= 15 is 0 Å². The van der Waals surface area contributed by atoms with Crippen molar-refractivity contribution in [2.45, 2.75) is 18.9 Å². The van der Waals surface area contributed by atoms with Gasteiger partial charge < -0.3 is 9.84 Å². The molecule has 1 unspecified atom stereocenters. The summed E-state index contributed by atoms with van der Waals surface area (Å²) in [6.07, 6.45) is 0.543. The van der Waals surface area contributed by atoms with Gasteiger partial charge in [0.1, 0.15) is 5.75 Å². The van der Waals surface area contributed by atoms with Crippen molar-refractivity contribution in [3.05, 3.63) is 63.1 Å². The smallest absolute Gasteiger partial charge is 0.122 e. The van der Waals surface area contributed by atoms with Crippen LogP contribution in [0.15, 0.2) is 46.9 Å². The van der Waals surface area contributed by atoms with Crippen molar-refractivity contribution in [3.8, 4) is 5.75 Å². The number of aliphatic hydroxyl groups excluding tert-OH is 1. The fourth-order valence-corrected chi connectivity index (χ4v) is 2.77. The lowest BCUT2D eigenvalue weighted by Crippen LogP contribution is -2.14. The first-order valence-corrected chi connectivity index (χ1v) is 7.51. The fraction of sp³-hybridized carbons (Fsp3) is 0.250. The summed E-state index contributed by atoms with van der Waals surface area (Å²) in [4.78, 5) is 0. The molecule has 2 aromatic carbocycles. The van der Waals surface area contributed by atoms with Crippen LogP contribution in [0.5, 0.6) is 5.75 Å². The lowest BCUT2D eigenvalue weighted by Gasteiger charge is -2.14. The van der Waals surface area contributed by atoms with E-state index in [2.05, 4.69) is 15.9 Å². The van der Waals surface area contributed by atoms with E-state index in [-0.39, 0.29) is 0 Å². The standard InChI is InChI=1S/C16H16BrClO2/c1-20-16-7-6-13(17)8-12(16)10-14(19)9-11-4-2-3-5-15(11)18/h2-8,14,19H,9-10H2,1H3. The molecule has 2 aromatic rings. The van der Waals surface area contributed by atoms with Gasteiger partial charge in [-0.2, -0.15) is 0 Å². The Kier molecular flexibility index (Phi) is 5.46. The van der Waals surface area contributed by atoms with E-state index in [9.17, 15) is 5.11 Å². The van der Waals surface area contributed by atoms with Crippen LogP contribution in [0.2, 0.25) is 5.02 Å². The molecule has 106 valence electrons. The molecule has 0 aliphatic heterocycles. The molecule has 0 saturated heterocycles. The Balaban J connectivity index is 2.10. The molecule has 2 nitrogen and oxygen atoms in total. The SMILES string of the molecule is COc1ccc(Br)cc1CC(O)Cc1ccccc1Cl. The Morgan fingerprint density at radius 2 is 1.85 bits per heavy atom. The molecule has 0 amide bonds. The number of hydrogen-bond acceptors (Lipinski definition) is 2. The van der Waals surface area contributed by atoms with Gasteiger partial charge in [0.2, 0.25) is 0 Å². The summed E-state index contributed by atoms with van der Waals surface area (Å²) < 4.78 is 6.29. The molecule has 2 rings (SSSR count). The highest BCUT2D eigenvalue weighted by Gasteiger charge is 2.12. The highest BCUT2D eigenvalue weighted by Crippen LogP contribution is 2.25. The number of hydrogen-bond donors (Lipinski definition) is 1. The van der Waals surface area contributed by atoms with Crippen LogP contribution >= 0.6 is 27.5 Å². The van der Waals surface area contributed by atoms with Crippen LogP contribution in [-0.4, -0.2) is 18.3 Å². The summed E-state index contributed by atoms with van der Waals surface area (Å²) in [5.74, 6) is 0.784. The maximum absolute atomic E-state index is 10.3. The zero-order valence-electron chi connectivity index (χ0n) is 11.1. The first-order chi connectivity index (χ1) is 9.60. The minimum Gasteiger partial charge on any atom is -0.496 e. The largest absolute Gasteiger partial charge is 0.496 e. The van der Waals surface area contributed by atoms with Crippen molar-refractivity contribution in [1.29, 1.82) is 0 Å². The van der Waals surface area contributed by atoms with Crippen molar-refractivity contribution in [2.24, 2.45) is 0 Å². The van der Waals surface area contributed by atoms with Gasteiger partial charge in [-0.25, -0.2) is 0 Å². The van der Waals surface area contributed by atoms with E-state index in [1.54, 1.807) is 7.11 Å². The van der Waals surface area contributed by atoms with Gasteiger partial charge >= 0.3 is 0 Å². The predicted octanol–water partition coefficient (Wildman–Crippen LogP) is 4.26. The average Bonchev–Trinajstić information content (AvgIpc) is 2.41. The van der Waals surface area contributed by atoms with E-state index in [4.69, 9.17) is 16.3 Å². The molecule has 1 N–H and O–H groups in total. The molecule has 0 heterocycles. The van der Waals surface area contributed by atoms with Gasteiger partial charge in [-0.05, 0) is 35.4 Å². The topological polar surface area (TPSA) is 29.5 Å². The molecule has 20 heavy (non-hydrogen) atoms. The minimum absolute atomic E-state index is 0.502. The predicted molar refractivity (Wildman–Crippen MR) is 85.6 cm³/mol. The van der Waals surface area contributed by atoms with E-state index in [0.717, 1.165) is 21.3 Å². The van der Waals surface area contributed by atoms with Gasteiger partial charge in [0.15, 0.2) is 0 Å². The molecule has 1 atom stereocenters. The number of aliphatic hydroxyl groups is 1. The zero-order valence-corrected chi connectivity index (χ0v) is 13.5. The van der Waals surface area contributed by atoms with E-state index in [1.807, 2.05) is 42.5 Å². The van der Waals surface area contributed by atoms with Crippen LogP contribution in [0.1, 0.15) is 11.1 Å². The number of ether oxygens (including phenoxy) is 1. The van der Waals surface area contributed by atoms with Crippen LogP contribution in [0.25, 0.3) is 0 Å². The second-order valence-corrected chi connectivity index (χ2v) is 5.93. The summed E-state index contributed by atoms with van der Waals surface area (Å²) >= 11 is 9.55. The lowest BCUT2D eigenvalue weighted by molar-refractivity contribution is 0.174. The second kappa shape index (κ2) is 7.11. The Bertz CT molecular complexity index is 586. The molecule has 0 radical (unpaired) electrons. The van der Waals surface area contributed by atoms with Crippen LogP contribution in [0.4, 0.5) is 0 Å². The van der Waals surface area contributed by atoms with Crippen molar-refractivity contribution < 1.29 is 9.84 Å². The number of rotatable bonds is 5. The third-order valence-corrected chi connectivity index (χ3v) is 3.97. The number of benzene rings is 2. The average molecular weight is 356 g/mol. The van der Waals surface area contributed by atoms with Gasteiger partial charge in [-0.1, -0.05) is 45.7 Å². The second-order valence-electron chi connectivity index (χ2n) is 4.61. The van der Waals surface area contributed by atoms with Gasteiger partial charge in [-0.3, -0.25) is 0 Å². The Morgan fingerprint density at radius 3 is 2.55 bits per heavy atom. The molecule has 0 bridgehead atoms. The summed E-state index contributed by atoms with van der Waals surface area (Å²) in [7, 11) is 1.63. The molecular formula is C16H16BrClO2.